The summed E-state index contributed by atoms with van der Waals surface area (Å²) < 4.78 is 27.4. The van der Waals surface area contributed by atoms with E-state index in [0.29, 0.717) is 27.8 Å². The van der Waals surface area contributed by atoms with Crippen LogP contribution in [-0.4, -0.2) is 50.5 Å². The number of rotatable bonds is 14. The molecule has 0 aliphatic rings. The van der Waals surface area contributed by atoms with E-state index in [1.165, 1.54) is 4.90 Å². The molecule has 3 aromatic rings. The minimum absolute atomic E-state index is 0.0167. The van der Waals surface area contributed by atoms with Crippen molar-refractivity contribution in [2.24, 2.45) is 0 Å². The maximum Gasteiger partial charge on any atom is 0.244 e. The zero-order valence-corrected chi connectivity index (χ0v) is 26.8. The van der Waals surface area contributed by atoms with E-state index < -0.39 is 28.5 Å². The highest BCUT2D eigenvalue weighted by Gasteiger charge is 2.33. The number of hydrogen-bond acceptors (Lipinski definition) is 4. The maximum atomic E-state index is 14.3. The lowest BCUT2D eigenvalue weighted by Gasteiger charge is -2.34. The summed E-state index contributed by atoms with van der Waals surface area (Å²) in [5.74, 6) is -0.811. The number of unbranched alkanes of at least 4 members (excludes halogenated alkanes) is 1. The number of benzene rings is 3. The number of para-hydroxylation sites is 1. The van der Waals surface area contributed by atoms with Gasteiger partial charge in [0.2, 0.25) is 21.8 Å². The lowest BCUT2D eigenvalue weighted by Crippen LogP contribution is -2.53. The standard InChI is InChI=1S/C32H39Cl2N3O4S/c1-5-6-18-35-32(39)30(20-24-12-8-7-9-13-24)36(21-25-16-17-27(33)28(34)19-25)31(38)22-37(42(4,40)41)29-15-11-10-14-26(29)23(2)3/h7-17,19,23,30H,5-6,18,20-22H2,1-4H3,(H,35,39)/t30-/m1/s1. The summed E-state index contributed by atoms with van der Waals surface area (Å²) >= 11 is 12.5. The Bertz CT molecular complexity index is 1470. The molecule has 42 heavy (non-hydrogen) atoms. The second-order valence-electron chi connectivity index (χ2n) is 10.6. The molecule has 0 aliphatic carbocycles. The minimum atomic E-state index is -3.86. The van der Waals surface area contributed by atoms with Crippen molar-refractivity contribution in [1.29, 1.82) is 0 Å². The van der Waals surface area contributed by atoms with Crippen molar-refractivity contribution < 1.29 is 18.0 Å². The highest BCUT2D eigenvalue weighted by atomic mass is 35.5. The predicted molar refractivity (Wildman–Crippen MR) is 172 cm³/mol. The molecule has 7 nitrogen and oxygen atoms in total. The van der Waals surface area contributed by atoms with Crippen molar-refractivity contribution in [2.75, 3.05) is 23.7 Å². The summed E-state index contributed by atoms with van der Waals surface area (Å²) in [6.45, 7) is 5.98. The molecule has 3 rings (SSSR count). The molecule has 0 saturated carbocycles. The Morgan fingerprint density at radius 2 is 1.57 bits per heavy atom. The molecular weight excluding hydrogens is 593 g/mol. The van der Waals surface area contributed by atoms with E-state index in [2.05, 4.69) is 5.32 Å². The zero-order chi connectivity index (χ0) is 30.9. The van der Waals surface area contributed by atoms with Crippen LogP contribution in [0.3, 0.4) is 0 Å². The molecule has 226 valence electrons. The van der Waals surface area contributed by atoms with E-state index >= 15 is 0 Å². The van der Waals surface area contributed by atoms with Crippen LogP contribution in [0.4, 0.5) is 5.69 Å². The monoisotopic (exact) mass is 631 g/mol. The summed E-state index contributed by atoms with van der Waals surface area (Å²) in [5.41, 5.74) is 2.76. The molecule has 0 aromatic heterocycles. The quantitative estimate of drug-likeness (QED) is 0.207. The van der Waals surface area contributed by atoms with Gasteiger partial charge in [0.25, 0.3) is 0 Å². The van der Waals surface area contributed by atoms with Crippen LogP contribution < -0.4 is 9.62 Å². The van der Waals surface area contributed by atoms with E-state index in [0.717, 1.165) is 34.5 Å². The van der Waals surface area contributed by atoms with E-state index in [4.69, 9.17) is 23.2 Å². The summed E-state index contributed by atoms with van der Waals surface area (Å²) in [6, 6.07) is 20.7. The van der Waals surface area contributed by atoms with Crippen molar-refractivity contribution in [1.82, 2.24) is 10.2 Å². The van der Waals surface area contributed by atoms with Crippen molar-refractivity contribution in [3.8, 4) is 0 Å². The second kappa shape index (κ2) is 15.4. The number of amides is 2. The predicted octanol–water partition coefficient (Wildman–Crippen LogP) is 6.44. The molecule has 0 aliphatic heterocycles. The van der Waals surface area contributed by atoms with Crippen LogP contribution in [0.15, 0.2) is 72.8 Å². The normalized spacial score (nSPS) is 12.2. The first-order valence-corrected chi connectivity index (χ1v) is 16.6. The zero-order valence-electron chi connectivity index (χ0n) is 24.5. The average Bonchev–Trinajstić information content (AvgIpc) is 2.95. The lowest BCUT2D eigenvalue weighted by molar-refractivity contribution is -0.140. The number of anilines is 1. The highest BCUT2D eigenvalue weighted by Crippen LogP contribution is 2.30. The summed E-state index contributed by atoms with van der Waals surface area (Å²) in [7, 11) is -3.86. The fourth-order valence-electron chi connectivity index (χ4n) is 4.69. The van der Waals surface area contributed by atoms with Gasteiger partial charge in [0.15, 0.2) is 0 Å². The molecule has 0 saturated heterocycles. The number of nitrogens with one attached hydrogen (secondary N) is 1. The molecule has 0 spiro atoms. The van der Waals surface area contributed by atoms with Gasteiger partial charge in [-0.2, -0.15) is 0 Å². The first-order chi connectivity index (χ1) is 19.9. The Labute approximate surface area is 259 Å². The van der Waals surface area contributed by atoms with Gasteiger partial charge in [0.05, 0.1) is 22.0 Å². The van der Waals surface area contributed by atoms with Crippen LogP contribution in [0.1, 0.15) is 56.2 Å². The van der Waals surface area contributed by atoms with Crippen molar-refractivity contribution >= 4 is 50.7 Å². The van der Waals surface area contributed by atoms with Gasteiger partial charge in [-0.15, -0.1) is 0 Å². The van der Waals surface area contributed by atoms with Gasteiger partial charge >= 0.3 is 0 Å². The molecule has 10 heteroatoms. The largest absolute Gasteiger partial charge is 0.354 e. The van der Waals surface area contributed by atoms with Gasteiger partial charge in [0, 0.05) is 19.5 Å². The molecular formula is C32H39Cl2N3O4S. The third kappa shape index (κ3) is 9.21. The smallest absolute Gasteiger partial charge is 0.244 e. The summed E-state index contributed by atoms with van der Waals surface area (Å²) in [5, 5.41) is 3.66. The van der Waals surface area contributed by atoms with Crippen LogP contribution in [-0.2, 0) is 32.6 Å². The summed E-state index contributed by atoms with van der Waals surface area (Å²) in [4.78, 5) is 29.4. The second-order valence-corrected chi connectivity index (χ2v) is 13.3. The number of hydrogen-bond donors (Lipinski definition) is 1. The van der Waals surface area contributed by atoms with Crippen LogP contribution in [0.5, 0.6) is 0 Å². The van der Waals surface area contributed by atoms with Crippen LogP contribution in [0, 0.1) is 0 Å². The van der Waals surface area contributed by atoms with Crippen LogP contribution in [0.25, 0.3) is 0 Å². The number of sulfonamides is 1. The lowest BCUT2D eigenvalue weighted by atomic mass is 10.0. The Balaban J connectivity index is 2.09. The number of nitrogens with zero attached hydrogens (tertiary/aromatic N) is 2. The Kier molecular flexibility index (Phi) is 12.3. The minimum Gasteiger partial charge on any atom is -0.354 e. The van der Waals surface area contributed by atoms with Gasteiger partial charge in [-0.25, -0.2) is 8.42 Å². The first kappa shape index (κ1) is 33.4. The van der Waals surface area contributed by atoms with Gasteiger partial charge in [-0.1, -0.05) is 105 Å². The van der Waals surface area contributed by atoms with Gasteiger partial charge in [-0.3, -0.25) is 13.9 Å². The average molecular weight is 633 g/mol. The molecule has 1 N–H and O–H groups in total. The Morgan fingerprint density at radius 1 is 0.905 bits per heavy atom. The van der Waals surface area contributed by atoms with Gasteiger partial charge in [0.1, 0.15) is 12.6 Å². The Morgan fingerprint density at radius 3 is 2.19 bits per heavy atom. The highest BCUT2D eigenvalue weighted by molar-refractivity contribution is 7.92. The third-order valence-electron chi connectivity index (χ3n) is 6.94. The summed E-state index contributed by atoms with van der Waals surface area (Å²) in [6.07, 6.45) is 3.01. The van der Waals surface area contributed by atoms with E-state index in [1.807, 2.05) is 63.2 Å². The molecule has 0 bridgehead atoms. The molecule has 0 unspecified atom stereocenters. The van der Waals surface area contributed by atoms with Crippen molar-refractivity contribution in [3.05, 3.63) is 99.5 Å². The first-order valence-electron chi connectivity index (χ1n) is 14.0. The number of halogens is 2. The van der Waals surface area contributed by atoms with E-state index in [-0.39, 0.29) is 24.8 Å². The van der Waals surface area contributed by atoms with Gasteiger partial charge < -0.3 is 10.2 Å². The number of carbonyl (C=O) groups excluding carboxylic acids is 2. The van der Waals surface area contributed by atoms with Gasteiger partial charge in [-0.05, 0) is 47.2 Å². The fraction of sp³-hybridized carbons (Fsp3) is 0.375. The Hall–Kier alpha value is -3.07. The van der Waals surface area contributed by atoms with Crippen molar-refractivity contribution in [3.63, 3.8) is 0 Å². The maximum absolute atomic E-state index is 14.3. The molecule has 2 amide bonds. The van der Waals surface area contributed by atoms with E-state index in [1.54, 1.807) is 30.3 Å². The van der Waals surface area contributed by atoms with Crippen molar-refractivity contribution in [2.45, 2.75) is 58.5 Å². The molecule has 3 aromatic carbocycles. The van der Waals surface area contributed by atoms with E-state index in [9.17, 15) is 18.0 Å². The third-order valence-corrected chi connectivity index (χ3v) is 8.81. The molecule has 1 atom stereocenters. The molecule has 0 heterocycles. The van der Waals surface area contributed by atoms with Crippen LogP contribution in [0.2, 0.25) is 10.0 Å². The molecule has 0 fully saturated rings. The SMILES string of the molecule is CCCCNC(=O)[C@@H](Cc1ccccc1)N(Cc1ccc(Cl)c(Cl)c1)C(=O)CN(c1ccccc1C(C)C)S(C)(=O)=O. The molecule has 0 radical (unpaired) electrons. The fourth-order valence-corrected chi connectivity index (χ4v) is 5.88. The topological polar surface area (TPSA) is 86.8 Å². The van der Waals surface area contributed by atoms with Crippen LogP contribution >= 0.6 is 23.2 Å². The number of carbonyl (C=O) groups is 2.